The maximum atomic E-state index is 12.5. The molecule has 1 aliphatic heterocycles. The number of para-hydroxylation sites is 1. The van der Waals surface area contributed by atoms with E-state index in [0.717, 1.165) is 43.7 Å². The van der Waals surface area contributed by atoms with Gasteiger partial charge in [-0.1, -0.05) is 24.3 Å². The number of H-pyrrole nitrogens is 1. The number of nitrogens with zero attached hydrogens (tertiary/aromatic N) is 1. The van der Waals surface area contributed by atoms with Gasteiger partial charge in [-0.25, -0.2) is 0 Å². The second-order valence-electron chi connectivity index (χ2n) is 7.98. The minimum Gasteiger partial charge on any atom is -0.472 e. The number of hydrogen-bond acceptors (Lipinski definition) is 3. The van der Waals surface area contributed by atoms with Crippen LogP contribution in [0.2, 0.25) is 0 Å². The molecule has 0 fully saturated rings. The Hall–Kier alpha value is -3.31. The molecule has 5 heteroatoms. The van der Waals surface area contributed by atoms with Crippen molar-refractivity contribution in [1.82, 2.24) is 9.88 Å². The van der Waals surface area contributed by atoms with Crippen molar-refractivity contribution in [3.63, 3.8) is 0 Å². The molecule has 5 rings (SSSR count). The van der Waals surface area contributed by atoms with Crippen molar-refractivity contribution < 1.29 is 9.21 Å². The lowest BCUT2D eigenvalue weighted by Gasteiger charge is -2.28. The zero-order valence-corrected chi connectivity index (χ0v) is 16.9. The second-order valence-corrected chi connectivity index (χ2v) is 7.98. The van der Waals surface area contributed by atoms with Gasteiger partial charge in [0.1, 0.15) is 0 Å². The maximum Gasteiger partial charge on any atom is 0.224 e. The number of benzene rings is 2. The van der Waals surface area contributed by atoms with E-state index in [1.54, 1.807) is 12.5 Å². The van der Waals surface area contributed by atoms with Crippen molar-refractivity contribution in [2.45, 2.75) is 32.4 Å². The van der Waals surface area contributed by atoms with E-state index in [9.17, 15) is 4.79 Å². The van der Waals surface area contributed by atoms with Gasteiger partial charge >= 0.3 is 0 Å². The normalized spacial score (nSPS) is 14.0. The van der Waals surface area contributed by atoms with Crippen LogP contribution in [0, 0.1) is 0 Å². The van der Waals surface area contributed by atoms with Crippen LogP contribution in [0.5, 0.6) is 0 Å². The summed E-state index contributed by atoms with van der Waals surface area (Å²) in [5.41, 5.74) is 7.03. The molecule has 1 amide bonds. The predicted molar refractivity (Wildman–Crippen MR) is 118 cm³/mol. The molecular weight excluding hydrogens is 374 g/mol. The number of hydrogen-bond donors (Lipinski definition) is 2. The lowest BCUT2D eigenvalue weighted by Crippen LogP contribution is -2.30. The molecule has 0 radical (unpaired) electrons. The molecule has 0 aliphatic carbocycles. The van der Waals surface area contributed by atoms with E-state index in [1.165, 1.54) is 27.6 Å². The highest BCUT2D eigenvalue weighted by Gasteiger charge is 2.17. The third kappa shape index (κ3) is 4.02. The molecule has 2 aromatic heterocycles. The molecule has 0 saturated carbocycles. The van der Waals surface area contributed by atoms with Gasteiger partial charge in [-0.05, 0) is 53.8 Å². The number of rotatable bonds is 6. The average Bonchev–Trinajstić information content (AvgIpc) is 3.42. The van der Waals surface area contributed by atoms with E-state index >= 15 is 0 Å². The summed E-state index contributed by atoms with van der Waals surface area (Å²) in [6, 6.07) is 16.5. The van der Waals surface area contributed by atoms with E-state index in [2.05, 4.69) is 39.5 Å². The largest absolute Gasteiger partial charge is 0.472 e. The first-order valence-corrected chi connectivity index (χ1v) is 10.4. The van der Waals surface area contributed by atoms with E-state index < -0.39 is 0 Å². The Morgan fingerprint density at radius 1 is 1.13 bits per heavy atom. The average molecular weight is 399 g/mol. The van der Waals surface area contributed by atoms with E-state index in [-0.39, 0.29) is 5.91 Å². The highest BCUT2D eigenvalue weighted by Crippen LogP contribution is 2.24. The standard InChI is InChI=1S/C25H25N3O2/c29-25(8-6-20-14-26-24-4-2-1-3-23(20)24)27-22-7-5-19-9-11-28(16-21(19)13-22)15-18-10-12-30-17-18/h1-5,7,10,12-14,17,26H,6,8-9,11,15-16H2,(H,27,29). The van der Waals surface area contributed by atoms with Crippen molar-refractivity contribution in [3.05, 3.63) is 89.5 Å². The molecule has 0 bridgehead atoms. The molecule has 0 spiro atoms. The fourth-order valence-electron chi connectivity index (χ4n) is 4.28. The summed E-state index contributed by atoms with van der Waals surface area (Å²) in [5.74, 6) is 0.0475. The quantitative estimate of drug-likeness (QED) is 0.485. The molecule has 5 nitrogen and oxygen atoms in total. The summed E-state index contributed by atoms with van der Waals surface area (Å²) < 4.78 is 5.19. The molecule has 0 saturated heterocycles. The minimum absolute atomic E-state index is 0.0475. The predicted octanol–water partition coefficient (Wildman–Crippen LogP) is 4.89. The van der Waals surface area contributed by atoms with Gasteiger partial charge in [-0.2, -0.15) is 0 Å². The first kappa shape index (κ1) is 18.7. The minimum atomic E-state index is 0.0475. The molecular formula is C25H25N3O2. The van der Waals surface area contributed by atoms with Crippen LogP contribution in [-0.2, 0) is 30.7 Å². The number of furan rings is 1. The van der Waals surface area contributed by atoms with Gasteiger partial charge in [0.2, 0.25) is 5.91 Å². The lowest BCUT2D eigenvalue weighted by atomic mass is 9.98. The third-order valence-electron chi connectivity index (χ3n) is 5.86. The van der Waals surface area contributed by atoms with Gasteiger partial charge in [0.15, 0.2) is 0 Å². The number of carbonyl (C=O) groups is 1. The first-order chi connectivity index (χ1) is 14.7. The molecule has 4 aromatic rings. The monoisotopic (exact) mass is 399 g/mol. The van der Waals surface area contributed by atoms with Crippen LogP contribution >= 0.6 is 0 Å². The number of aryl methyl sites for hydroxylation is 1. The SMILES string of the molecule is O=C(CCc1c[nH]c2ccccc12)Nc1ccc2c(c1)CN(Cc1ccoc1)CC2. The van der Waals surface area contributed by atoms with Gasteiger partial charge in [-0.15, -0.1) is 0 Å². The highest BCUT2D eigenvalue weighted by molar-refractivity contribution is 5.91. The lowest BCUT2D eigenvalue weighted by molar-refractivity contribution is -0.116. The summed E-state index contributed by atoms with van der Waals surface area (Å²) >= 11 is 0. The van der Waals surface area contributed by atoms with E-state index in [1.807, 2.05) is 30.5 Å². The summed E-state index contributed by atoms with van der Waals surface area (Å²) in [5, 5.41) is 4.27. The first-order valence-electron chi connectivity index (χ1n) is 10.4. The molecule has 152 valence electrons. The van der Waals surface area contributed by atoms with Crippen molar-refractivity contribution in [2.24, 2.45) is 0 Å². The molecule has 1 aliphatic rings. The molecule has 0 atom stereocenters. The smallest absolute Gasteiger partial charge is 0.224 e. The Kier molecular flexibility index (Phi) is 5.11. The van der Waals surface area contributed by atoms with Crippen LogP contribution in [0.15, 0.2) is 71.7 Å². The van der Waals surface area contributed by atoms with Gasteiger partial charge in [0.05, 0.1) is 12.5 Å². The summed E-state index contributed by atoms with van der Waals surface area (Å²) in [6.07, 6.45) is 7.75. The Labute approximate surface area is 175 Å². The second kappa shape index (κ2) is 8.20. The molecule has 0 unspecified atom stereocenters. The van der Waals surface area contributed by atoms with Crippen LogP contribution in [0.3, 0.4) is 0 Å². The van der Waals surface area contributed by atoms with Gasteiger partial charge in [0.25, 0.3) is 0 Å². The van der Waals surface area contributed by atoms with Crippen LogP contribution in [0.25, 0.3) is 10.9 Å². The number of aromatic nitrogens is 1. The van der Waals surface area contributed by atoms with Crippen LogP contribution < -0.4 is 5.32 Å². The number of carbonyl (C=O) groups excluding carboxylic acids is 1. The number of amides is 1. The Balaban J connectivity index is 1.21. The maximum absolute atomic E-state index is 12.5. The topological polar surface area (TPSA) is 61.3 Å². The number of fused-ring (bicyclic) bond motifs is 2. The number of anilines is 1. The summed E-state index contributed by atoms with van der Waals surface area (Å²) in [4.78, 5) is 18.2. The fourth-order valence-corrected chi connectivity index (χ4v) is 4.28. The van der Waals surface area contributed by atoms with Crippen LogP contribution in [0.4, 0.5) is 5.69 Å². The summed E-state index contributed by atoms with van der Waals surface area (Å²) in [6.45, 7) is 2.81. The Bertz CT molecular complexity index is 1160. The van der Waals surface area contributed by atoms with Gasteiger partial charge < -0.3 is 14.7 Å². The molecule has 2 N–H and O–H groups in total. The zero-order valence-electron chi connectivity index (χ0n) is 16.9. The van der Waals surface area contributed by atoms with Crippen LogP contribution in [0.1, 0.15) is 28.7 Å². The van der Waals surface area contributed by atoms with Gasteiger partial charge in [-0.3, -0.25) is 9.69 Å². The van der Waals surface area contributed by atoms with Crippen LogP contribution in [-0.4, -0.2) is 22.3 Å². The van der Waals surface area contributed by atoms with Crippen molar-refractivity contribution in [3.8, 4) is 0 Å². The van der Waals surface area contributed by atoms with E-state index in [0.29, 0.717) is 6.42 Å². The highest BCUT2D eigenvalue weighted by atomic mass is 16.3. The van der Waals surface area contributed by atoms with Crippen molar-refractivity contribution in [1.29, 1.82) is 0 Å². The number of nitrogens with one attached hydrogen (secondary N) is 2. The Morgan fingerprint density at radius 3 is 2.97 bits per heavy atom. The molecule has 2 aromatic carbocycles. The van der Waals surface area contributed by atoms with Crippen molar-refractivity contribution >= 4 is 22.5 Å². The van der Waals surface area contributed by atoms with E-state index in [4.69, 9.17) is 4.42 Å². The fraction of sp³-hybridized carbons (Fsp3) is 0.240. The molecule has 30 heavy (non-hydrogen) atoms. The third-order valence-corrected chi connectivity index (χ3v) is 5.86. The molecule has 3 heterocycles. The zero-order chi connectivity index (χ0) is 20.3. The summed E-state index contributed by atoms with van der Waals surface area (Å²) in [7, 11) is 0. The number of aromatic amines is 1. The van der Waals surface area contributed by atoms with Crippen molar-refractivity contribution in [2.75, 3.05) is 11.9 Å². The van der Waals surface area contributed by atoms with Gasteiger partial charge in [0, 0.05) is 54.4 Å². The Morgan fingerprint density at radius 2 is 2.07 bits per heavy atom.